The second kappa shape index (κ2) is 8.70. The number of rotatable bonds is 6. The molecule has 136 valence electrons. The third kappa shape index (κ3) is 5.09. The molecule has 0 spiro atoms. The van der Waals surface area contributed by atoms with Crippen molar-refractivity contribution in [3.8, 4) is 0 Å². The molecule has 3 aromatic carbocycles. The second-order valence-electron chi connectivity index (χ2n) is 5.68. The van der Waals surface area contributed by atoms with Gasteiger partial charge >= 0.3 is 0 Å². The van der Waals surface area contributed by atoms with Gasteiger partial charge in [-0.1, -0.05) is 41.9 Å². The Balaban J connectivity index is 1.63. The number of carbonyl (C=O) groups is 1. The summed E-state index contributed by atoms with van der Waals surface area (Å²) in [6, 6.07) is 21.6. The number of nitro benzene ring substituents is 1. The predicted octanol–water partition coefficient (Wildman–Crippen LogP) is 5.79. The summed E-state index contributed by atoms with van der Waals surface area (Å²) in [6.45, 7) is 0. The van der Waals surface area contributed by atoms with E-state index in [9.17, 15) is 14.9 Å². The lowest BCUT2D eigenvalue weighted by atomic mass is 10.1. The number of nitrogens with one attached hydrogen (secondary N) is 1. The quantitative estimate of drug-likeness (QED) is 0.324. The van der Waals surface area contributed by atoms with Gasteiger partial charge in [-0.05, 0) is 42.0 Å². The van der Waals surface area contributed by atoms with Gasteiger partial charge in [0.2, 0.25) is 0 Å². The predicted molar refractivity (Wildman–Crippen MR) is 109 cm³/mol. The Morgan fingerprint density at radius 3 is 2.41 bits per heavy atom. The molecule has 0 heterocycles. The Hall–Kier alpha value is -2.83. The van der Waals surface area contributed by atoms with Crippen LogP contribution in [0.5, 0.6) is 0 Å². The van der Waals surface area contributed by atoms with E-state index in [-0.39, 0.29) is 16.3 Å². The molecule has 0 bridgehead atoms. The number of hydrogen-bond donors (Lipinski definition) is 1. The zero-order valence-corrected chi connectivity index (χ0v) is 15.7. The molecule has 3 aromatic rings. The van der Waals surface area contributed by atoms with Crippen LogP contribution in [0.2, 0.25) is 5.02 Å². The van der Waals surface area contributed by atoms with Crippen molar-refractivity contribution < 1.29 is 9.72 Å². The van der Waals surface area contributed by atoms with Gasteiger partial charge < -0.3 is 5.32 Å². The lowest BCUT2D eigenvalue weighted by Crippen LogP contribution is -2.12. The highest BCUT2D eigenvalue weighted by Gasteiger charge is 2.16. The first-order valence-corrected chi connectivity index (χ1v) is 9.41. The highest BCUT2D eigenvalue weighted by atomic mass is 35.5. The molecule has 0 unspecified atom stereocenters. The van der Waals surface area contributed by atoms with Gasteiger partial charge in [-0.15, -0.1) is 11.8 Å². The van der Waals surface area contributed by atoms with Gasteiger partial charge in [-0.2, -0.15) is 0 Å². The minimum atomic E-state index is -0.613. The van der Waals surface area contributed by atoms with Gasteiger partial charge in [0.25, 0.3) is 11.6 Å². The van der Waals surface area contributed by atoms with Crippen molar-refractivity contribution in [2.24, 2.45) is 0 Å². The van der Waals surface area contributed by atoms with Crippen LogP contribution in [0.25, 0.3) is 0 Å². The lowest BCUT2D eigenvalue weighted by Gasteiger charge is -2.07. The Morgan fingerprint density at radius 2 is 1.74 bits per heavy atom. The van der Waals surface area contributed by atoms with Crippen LogP contribution in [-0.2, 0) is 5.75 Å². The van der Waals surface area contributed by atoms with Crippen LogP contribution in [0.4, 0.5) is 11.4 Å². The van der Waals surface area contributed by atoms with Crippen LogP contribution in [-0.4, -0.2) is 10.8 Å². The second-order valence-corrected chi connectivity index (χ2v) is 7.13. The van der Waals surface area contributed by atoms with E-state index in [1.54, 1.807) is 11.8 Å². The molecule has 1 amide bonds. The lowest BCUT2D eigenvalue weighted by molar-refractivity contribution is -0.384. The molecule has 0 fully saturated rings. The number of nitrogens with zero attached hydrogens (tertiary/aromatic N) is 1. The summed E-state index contributed by atoms with van der Waals surface area (Å²) >= 11 is 7.50. The molecule has 0 aromatic heterocycles. The van der Waals surface area contributed by atoms with Crippen molar-refractivity contribution in [1.82, 2.24) is 0 Å². The Morgan fingerprint density at radius 1 is 1.04 bits per heavy atom. The number of carbonyl (C=O) groups excluding carboxylic acids is 1. The average Bonchev–Trinajstić information content (AvgIpc) is 2.68. The number of nitro groups is 1. The van der Waals surface area contributed by atoms with Crippen molar-refractivity contribution in [2.45, 2.75) is 10.6 Å². The van der Waals surface area contributed by atoms with Gasteiger partial charge in [0.1, 0.15) is 5.02 Å². The van der Waals surface area contributed by atoms with Gasteiger partial charge in [0, 0.05) is 28.0 Å². The third-order valence-corrected chi connectivity index (χ3v) is 5.17. The molecule has 0 aliphatic heterocycles. The molecular weight excluding hydrogens is 384 g/mol. The van der Waals surface area contributed by atoms with E-state index in [1.165, 1.54) is 23.1 Å². The number of hydrogen-bond acceptors (Lipinski definition) is 4. The van der Waals surface area contributed by atoms with Crippen molar-refractivity contribution >= 4 is 40.6 Å². The molecule has 3 rings (SSSR count). The Kier molecular flexibility index (Phi) is 6.11. The summed E-state index contributed by atoms with van der Waals surface area (Å²) in [5.74, 6) is 0.392. The number of amides is 1. The maximum absolute atomic E-state index is 12.3. The van der Waals surface area contributed by atoms with Crippen molar-refractivity contribution in [2.75, 3.05) is 5.32 Å². The molecule has 0 aliphatic rings. The summed E-state index contributed by atoms with van der Waals surface area (Å²) in [6.07, 6.45) is 0. The molecule has 0 saturated heterocycles. The first kappa shape index (κ1) is 18.9. The first-order chi connectivity index (χ1) is 13.0. The molecular formula is C20H15ClN2O3S. The van der Waals surface area contributed by atoms with Crippen LogP contribution >= 0.6 is 23.4 Å². The van der Waals surface area contributed by atoms with E-state index in [0.29, 0.717) is 5.69 Å². The zero-order chi connectivity index (χ0) is 19.2. The standard InChI is InChI=1S/C20H15ClN2O3S/c21-18-11-8-15(12-19(18)23(25)26)20(24)22-16-9-6-14(7-10-16)13-27-17-4-2-1-3-5-17/h1-12H,13H2,(H,22,24). The largest absolute Gasteiger partial charge is 0.322 e. The first-order valence-electron chi connectivity index (χ1n) is 8.05. The Bertz CT molecular complexity index is 963. The monoisotopic (exact) mass is 398 g/mol. The molecule has 0 saturated carbocycles. The van der Waals surface area contributed by atoms with Crippen LogP contribution in [0.1, 0.15) is 15.9 Å². The smallest absolute Gasteiger partial charge is 0.288 e. The molecule has 5 nitrogen and oxygen atoms in total. The molecule has 0 atom stereocenters. The normalized spacial score (nSPS) is 10.4. The maximum Gasteiger partial charge on any atom is 0.288 e. The zero-order valence-electron chi connectivity index (χ0n) is 14.1. The summed E-state index contributed by atoms with van der Waals surface area (Å²) in [7, 11) is 0. The summed E-state index contributed by atoms with van der Waals surface area (Å²) in [5.41, 5.74) is 1.63. The van der Waals surface area contributed by atoms with Gasteiger partial charge in [-0.25, -0.2) is 0 Å². The maximum atomic E-state index is 12.3. The average molecular weight is 399 g/mol. The number of anilines is 1. The van der Waals surface area contributed by atoms with E-state index in [4.69, 9.17) is 11.6 Å². The molecule has 0 radical (unpaired) electrons. The fourth-order valence-electron chi connectivity index (χ4n) is 2.36. The number of benzene rings is 3. The molecule has 1 N–H and O–H groups in total. The van der Waals surface area contributed by atoms with Crippen LogP contribution in [0.3, 0.4) is 0 Å². The molecule has 0 aliphatic carbocycles. The van der Waals surface area contributed by atoms with Crippen LogP contribution < -0.4 is 5.32 Å². The van der Waals surface area contributed by atoms with Crippen LogP contribution in [0, 0.1) is 10.1 Å². The van der Waals surface area contributed by atoms with Gasteiger partial charge in [0.05, 0.1) is 4.92 Å². The van der Waals surface area contributed by atoms with E-state index in [1.807, 2.05) is 42.5 Å². The van der Waals surface area contributed by atoms with Gasteiger partial charge in [-0.3, -0.25) is 14.9 Å². The summed E-state index contributed by atoms with van der Waals surface area (Å²) in [4.78, 5) is 23.8. The highest BCUT2D eigenvalue weighted by Crippen LogP contribution is 2.26. The molecule has 27 heavy (non-hydrogen) atoms. The summed E-state index contributed by atoms with van der Waals surface area (Å²) < 4.78 is 0. The number of halogens is 1. The highest BCUT2D eigenvalue weighted by molar-refractivity contribution is 7.98. The third-order valence-electron chi connectivity index (χ3n) is 3.77. The van der Waals surface area contributed by atoms with E-state index in [2.05, 4.69) is 17.4 Å². The van der Waals surface area contributed by atoms with E-state index in [0.717, 1.165) is 11.3 Å². The topological polar surface area (TPSA) is 72.2 Å². The fraction of sp³-hybridized carbons (Fsp3) is 0.0500. The Labute approximate surface area is 165 Å². The minimum Gasteiger partial charge on any atom is -0.322 e. The van der Waals surface area contributed by atoms with Crippen molar-refractivity contribution in [3.05, 3.63) is 99.1 Å². The molecule has 7 heteroatoms. The minimum absolute atomic E-state index is 0.00295. The van der Waals surface area contributed by atoms with Crippen molar-refractivity contribution in [3.63, 3.8) is 0 Å². The van der Waals surface area contributed by atoms with E-state index < -0.39 is 10.8 Å². The SMILES string of the molecule is O=C(Nc1ccc(CSc2ccccc2)cc1)c1ccc(Cl)c([N+](=O)[O-])c1. The van der Waals surface area contributed by atoms with Crippen molar-refractivity contribution in [1.29, 1.82) is 0 Å². The van der Waals surface area contributed by atoms with Gasteiger partial charge in [0.15, 0.2) is 0 Å². The fourth-order valence-corrected chi connectivity index (χ4v) is 3.43. The summed E-state index contributed by atoms with van der Waals surface area (Å²) in [5, 5.41) is 13.7. The van der Waals surface area contributed by atoms with E-state index >= 15 is 0 Å². The number of thioether (sulfide) groups is 1. The van der Waals surface area contributed by atoms with Crippen LogP contribution in [0.15, 0.2) is 77.7 Å².